The minimum atomic E-state index is -0.541. The molecule has 0 radical (unpaired) electrons. The molecule has 2 amide bonds. The Morgan fingerprint density at radius 3 is 2.82 bits per heavy atom. The molecule has 17 heavy (non-hydrogen) atoms. The van der Waals surface area contributed by atoms with E-state index >= 15 is 0 Å². The number of aromatic nitrogens is 2. The second-order valence-electron chi connectivity index (χ2n) is 3.56. The molecule has 1 aromatic rings. The van der Waals surface area contributed by atoms with Gasteiger partial charge in [-0.3, -0.25) is 0 Å². The van der Waals surface area contributed by atoms with Crippen LogP contribution in [0.1, 0.15) is 19.2 Å². The van der Waals surface area contributed by atoms with Crippen molar-refractivity contribution >= 4 is 17.7 Å². The quantitative estimate of drug-likeness (QED) is 0.524. The molecule has 6 N–H and O–H groups in total. The number of nitrogens with one attached hydrogen (secondary N) is 2. The first-order valence-electron chi connectivity index (χ1n) is 5.52. The molecule has 7 heteroatoms. The highest BCUT2D eigenvalue weighted by atomic mass is 16.2. The number of nitrogens with zero attached hydrogens (tertiary/aromatic N) is 2. The number of anilines is 2. The van der Waals surface area contributed by atoms with Crippen LogP contribution in [-0.2, 0) is 6.42 Å². The molecule has 94 valence electrons. The fourth-order valence-electron chi connectivity index (χ4n) is 1.32. The smallest absolute Gasteiger partial charge is 0.312 e. The maximum atomic E-state index is 10.4. The summed E-state index contributed by atoms with van der Waals surface area (Å²) < 4.78 is 0. The van der Waals surface area contributed by atoms with E-state index < -0.39 is 6.03 Å². The summed E-state index contributed by atoms with van der Waals surface area (Å²) in [6, 6.07) is 1.12. The van der Waals surface area contributed by atoms with Crippen molar-refractivity contribution < 1.29 is 4.79 Å². The number of aryl methyl sites for hydroxylation is 1. The zero-order valence-corrected chi connectivity index (χ0v) is 9.86. The summed E-state index contributed by atoms with van der Waals surface area (Å²) >= 11 is 0. The van der Waals surface area contributed by atoms with Crippen LogP contribution in [0.4, 0.5) is 16.4 Å². The first kappa shape index (κ1) is 13.0. The van der Waals surface area contributed by atoms with Gasteiger partial charge in [0.05, 0.1) is 0 Å². The number of carbonyl (C=O) groups is 1. The van der Waals surface area contributed by atoms with Crippen molar-refractivity contribution in [3.8, 4) is 0 Å². The van der Waals surface area contributed by atoms with Gasteiger partial charge in [-0.1, -0.05) is 6.92 Å². The lowest BCUT2D eigenvalue weighted by molar-refractivity contribution is 0.249. The molecular weight excluding hydrogens is 220 g/mol. The molecule has 0 spiro atoms. The Morgan fingerprint density at radius 1 is 1.41 bits per heavy atom. The van der Waals surface area contributed by atoms with E-state index in [1.165, 1.54) is 0 Å². The Labute approximate surface area is 100 Å². The van der Waals surface area contributed by atoms with E-state index in [1.807, 2.05) is 0 Å². The van der Waals surface area contributed by atoms with Crippen LogP contribution in [0.15, 0.2) is 6.07 Å². The van der Waals surface area contributed by atoms with E-state index in [2.05, 4.69) is 27.5 Å². The Hall–Kier alpha value is -2.05. The lowest BCUT2D eigenvalue weighted by Gasteiger charge is -2.08. The molecular formula is C10H18N6O. The van der Waals surface area contributed by atoms with Gasteiger partial charge in [-0.25, -0.2) is 14.8 Å². The monoisotopic (exact) mass is 238 g/mol. The maximum Gasteiger partial charge on any atom is 0.312 e. The predicted molar refractivity (Wildman–Crippen MR) is 66.5 cm³/mol. The third kappa shape index (κ3) is 5.01. The minimum Gasteiger partial charge on any atom is -0.384 e. The van der Waals surface area contributed by atoms with Crippen LogP contribution in [0.2, 0.25) is 0 Å². The third-order valence-corrected chi connectivity index (χ3v) is 2.00. The van der Waals surface area contributed by atoms with E-state index in [0.29, 0.717) is 24.7 Å². The van der Waals surface area contributed by atoms with Gasteiger partial charge >= 0.3 is 6.03 Å². The predicted octanol–water partition coefficient (Wildman–Crippen LogP) is 0.0915. The van der Waals surface area contributed by atoms with Gasteiger partial charge in [0.2, 0.25) is 0 Å². The zero-order valence-electron chi connectivity index (χ0n) is 9.86. The average Bonchev–Trinajstić information content (AvgIpc) is 2.24. The second kappa shape index (κ2) is 6.51. The lowest BCUT2D eigenvalue weighted by Crippen LogP contribution is -2.33. The van der Waals surface area contributed by atoms with Gasteiger partial charge in [-0.05, 0) is 6.42 Å². The summed E-state index contributed by atoms with van der Waals surface area (Å²) in [4.78, 5) is 18.9. The molecule has 1 heterocycles. The number of hydrogen-bond donors (Lipinski definition) is 4. The van der Waals surface area contributed by atoms with E-state index in [1.54, 1.807) is 6.07 Å². The molecule has 7 nitrogen and oxygen atoms in total. The van der Waals surface area contributed by atoms with Crippen molar-refractivity contribution in [2.45, 2.75) is 19.8 Å². The summed E-state index contributed by atoms with van der Waals surface area (Å²) in [6.45, 7) is 3.02. The summed E-state index contributed by atoms with van der Waals surface area (Å²) in [7, 11) is 0. The fourth-order valence-corrected chi connectivity index (χ4v) is 1.32. The van der Waals surface area contributed by atoms with Crippen LogP contribution in [0.25, 0.3) is 0 Å². The SMILES string of the molecule is CCCc1nc(N)cc(NCCNC(N)=O)n1. The van der Waals surface area contributed by atoms with Gasteiger partial charge in [-0.2, -0.15) is 0 Å². The lowest BCUT2D eigenvalue weighted by atomic mass is 10.3. The third-order valence-electron chi connectivity index (χ3n) is 2.00. The molecule has 0 aromatic carbocycles. The van der Waals surface area contributed by atoms with Crippen LogP contribution in [0, 0.1) is 0 Å². The van der Waals surface area contributed by atoms with Gasteiger partial charge in [0, 0.05) is 25.6 Å². The van der Waals surface area contributed by atoms with Crippen LogP contribution < -0.4 is 22.1 Å². The first-order valence-corrected chi connectivity index (χ1v) is 5.52. The molecule has 1 aromatic heterocycles. The van der Waals surface area contributed by atoms with Gasteiger partial charge < -0.3 is 22.1 Å². The van der Waals surface area contributed by atoms with Crippen LogP contribution in [-0.4, -0.2) is 29.1 Å². The molecule has 0 bridgehead atoms. The van der Waals surface area contributed by atoms with E-state index in [9.17, 15) is 4.79 Å². The topological polar surface area (TPSA) is 119 Å². The Morgan fingerprint density at radius 2 is 2.18 bits per heavy atom. The summed E-state index contributed by atoms with van der Waals surface area (Å²) in [6.07, 6.45) is 1.76. The Balaban J connectivity index is 2.49. The highest BCUT2D eigenvalue weighted by molar-refractivity contribution is 5.71. The largest absolute Gasteiger partial charge is 0.384 e. The first-order chi connectivity index (χ1) is 8.11. The summed E-state index contributed by atoms with van der Waals surface area (Å²) in [5, 5.41) is 5.51. The number of hydrogen-bond acceptors (Lipinski definition) is 5. The second-order valence-corrected chi connectivity index (χ2v) is 3.56. The van der Waals surface area contributed by atoms with Gasteiger partial charge in [-0.15, -0.1) is 0 Å². The molecule has 1 rings (SSSR count). The van der Waals surface area contributed by atoms with E-state index in [-0.39, 0.29) is 0 Å². The Bertz CT molecular complexity index is 381. The molecule has 0 fully saturated rings. The molecule has 0 aliphatic heterocycles. The maximum absolute atomic E-state index is 10.4. The summed E-state index contributed by atoms with van der Waals surface area (Å²) in [5.41, 5.74) is 10.6. The molecule has 0 atom stereocenters. The highest BCUT2D eigenvalue weighted by Gasteiger charge is 2.01. The summed E-state index contributed by atoms with van der Waals surface area (Å²) in [5.74, 6) is 1.82. The average molecular weight is 238 g/mol. The fraction of sp³-hybridized carbons (Fsp3) is 0.500. The van der Waals surface area contributed by atoms with Crippen molar-refractivity contribution in [3.05, 3.63) is 11.9 Å². The highest BCUT2D eigenvalue weighted by Crippen LogP contribution is 2.08. The van der Waals surface area contributed by atoms with Gasteiger partial charge in [0.1, 0.15) is 17.5 Å². The van der Waals surface area contributed by atoms with Crippen molar-refractivity contribution in [2.24, 2.45) is 5.73 Å². The van der Waals surface area contributed by atoms with Crippen molar-refractivity contribution in [3.63, 3.8) is 0 Å². The molecule has 0 aliphatic carbocycles. The molecule has 0 saturated heterocycles. The van der Waals surface area contributed by atoms with Gasteiger partial charge in [0.25, 0.3) is 0 Å². The normalized spacial score (nSPS) is 9.94. The molecule has 0 unspecified atom stereocenters. The van der Waals surface area contributed by atoms with Crippen LogP contribution >= 0.6 is 0 Å². The van der Waals surface area contributed by atoms with Crippen molar-refractivity contribution in [2.75, 3.05) is 24.1 Å². The van der Waals surface area contributed by atoms with E-state index in [4.69, 9.17) is 11.5 Å². The number of rotatable bonds is 6. The Kier molecular flexibility index (Phi) is 4.99. The number of nitrogens with two attached hydrogens (primary N) is 2. The standard InChI is InChI=1S/C10H18N6O/c1-2-3-8-15-7(11)6-9(16-8)13-4-5-14-10(12)17/h6H,2-5H2,1H3,(H3,12,14,17)(H3,11,13,15,16). The number of primary amides is 1. The van der Waals surface area contributed by atoms with Crippen LogP contribution in [0.5, 0.6) is 0 Å². The number of amides is 2. The zero-order chi connectivity index (χ0) is 12.7. The number of carbonyl (C=O) groups excluding carboxylic acids is 1. The number of nitrogen functional groups attached to an aromatic ring is 1. The molecule has 0 saturated carbocycles. The van der Waals surface area contributed by atoms with Gasteiger partial charge in [0.15, 0.2) is 0 Å². The number of urea groups is 1. The van der Waals surface area contributed by atoms with Crippen LogP contribution in [0.3, 0.4) is 0 Å². The van der Waals surface area contributed by atoms with Crippen molar-refractivity contribution in [1.29, 1.82) is 0 Å². The van der Waals surface area contributed by atoms with E-state index in [0.717, 1.165) is 18.7 Å². The minimum absolute atomic E-state index is 0.433. The van der Waals surface area contributed by atoms with Crippen molar-refractivity contribution in [1.82, 2.24) is 15.3 Å². The molecule has 0 aliphatic rings.